The lowest BCUT2D eigenvalue weighted by atomic mass is 9.94. The van der Waals surface area contributed by atoms with Gasteiger partial charge in [-0.05, 0) is 54.6 Å². The van der Waals surface area contributed by atoms with E-state index in [1.54, 1.807) is 18.3 Å². The third-order valence-electron chi connectivity index (χ3n) is 4.64. The van der Waals surface area contributed by atoms with E-state index in [4.69, 9.17) is 0 Å². The first-order valence-electron chi connectivity index (χ1n) is 8.87. The molecule has 7 heteroatoms. The van der Waals surface area contributed by atoms with Gasteiger partial charge >= 0.3 is 0 Å². The fourth-order valence-corrected chi connectivity index (χ4v) is 3.97. The molecule has 5 nitrogen and oxygen atoms in total. The summed E-state index contributed by atoms with van der Waals surface area (Å²) in [5, 5.41) is 5.02. The van der Waals surface area contributed by atoms with Gasteiger partial charge in [-0.3, -0.25) is 4.79 Å². The number of piperidine rings is 1. The fourth-order valence-electron chi connectivity index (χ4n) is 3.28. The van der Waals surface area contributed by atoms with Crippen LogP contribution in [0.4, 0.5) is 16.0 Å². The molecular weight excluding hydrogens is 363 g/mol. The molecule has 3 aromatic rings. The maximum absolute atomic E-state index is 13.0. The standard InChI is InChI=1S/C20H19FN4OS/c21-15-5-7-16(8-6-15)23-20-22-10-9-17(24-20)14-3-1-11-25(13-14)19(26)18-4-2-12-27-18/h2,4-10,12,14H,1,3,11,13H2,(H,22,23,24). The molecular formula is C20H19FN4OS. The van der Waals surface area contributed by atoms with Crippen LogP contribution >= 0.6 is 11.3 Å². The molecule has 0 radical (unpaired) electrons. The molecule has 3 heterocycles. The average molecular weight is 382 g/mol. The Bertz CT molecular complexity index is 914. The molecule has 1 N–H and O–H groups in total. The molecule has 0 bridgehead atoms. The van der Waals surface area contributed by atoms with Gasteiger partial charge in [-0.25, -0.2) is 14.4 Å². The van der Waals surface area contributed by atoms with E-state index in [9.17, 15) is 9.18 Å². The predicted molar refractivity (Wildman–Crippen MR) is 104 cm³/mol. The lowest BCUT2D eigenvalue weighted by molar-refractivity contribution is 0.0711. The third-order valence-corrected chi connectivity index (χ3v) is 5.49. The van der Waals surface area contributed by atoms with Crippen LogP contribution in [0.2, 0.25) is 0 Å². The summed E-state index contributed by atoms with van der Waals surface area (Å²) in [5.41, 5.74) is 1.64. The second-order valence-electron chi connectivity index (χ2n) is 6.50. The van der Waals surface area contributed by atoms with E-state index in [0.717, 1.165) is 35.6 Å². The summed E-state index contributed by atoms with van der Waals surface area (Å²) in [6.45, 7) is 1.43. The molecule has 27 heavy (non-hydrogen) atoms. The number of hydrogen-bond donors (Lipinski definition) is 1. The van der Waals surface area contributed by atoms with Crippen molar-refractivity contribution >= 4 is 28.9 Å². The first-order valence-corrected chi connectivity index (χ1v) is 9.75. The Morgan fingerprint density at radius 1 is 1.22 bits per heavy atom. The van der Waals surface area contributed by atoms with Gasteiger partial charge in [0.2, 0.25) is 5.95 Å². The van der Waals surface area contributed by atoms with Gasteiger partial charge in [0.1, 0.15) is 5.82 Å². The quantitative estimate of drug-likeness (QED) is 0.725. The zero-order valence-corrected chi connectivity index (χ0v) is 15.5. The number of halogens is 1. The number of anilines is 2. The number of nitrogens with one attached hydrogen (secondary N) is 1. The molecule has 0 aliphatic carbocycles. The Labute approximate surface area is 160 Å². The minimum absolute atomic E-state index is 0.0911. The highest BCUT2D eigenvalue weighted by atomic mass is 32.1. The maximum atomic E-state index is 13.0. The van der Waals surface area contributed by atoms with Crippen molar-refractivity contribution in [2.24, 2.45) is 0 Å². The van der Waals surface area contributed by atoms with Gasteiger partial charge in [-0.1, -0.05) is 6.07 Å². The molecule has 1 aliphatic heterocycles. The topological polar surface area (TPSA) is 58.1 Å². The van der Waals surface area contributed by atoms with Gasteiger partial charge in [0.15, 0.2) is 0 Å². The second kappa shape index (κ2) is 7.84. The monoisotopic (exact) mass is 382 g/mol. The summed E-state index contributed by atoms with van der Waals surface area (Å²) in [7, 11) is 0. The van der Waals surface area contributed by atoms with Crippen LogP contribution in [0.1, 0.15) is 34.1 Å². The van der Waals surface area contributed by atoms with Crippen molar-refractivity contribution < 1.29 is 9.18 Å². The minimum atomic E-state index is -0.284. The second-order valence-corrected chi connectivity index (χ2v) is 7.45. The van der Waals surface area contributed by atoms with E-state index in [2.05, 4.69) is 15.3 Å². The number of nitrogens with zero attached hydrogens (tertiary/aromatic N) is 3. The largest absolute Gasteiger partial charge is 0.337 e. The van der Waals surface area contributed by atoms with Crippen molar-refractivity contribution in [2.45, 2.75) is 18.8 Å². The number of rotatable bonds is 4. The van der Waals surface area contributed by atoms with Crippen molar-refractivity contribution in [2.75, 3.05) is 18.4 Å². The van der Waals surface area contributed by atoms with Crippen LogP contribution in [0.3, 0.4) is 0 Å². The molecule has 4 rings (SSSR count). The highest BCUT2D eigenvalue weighted by molar-refractivity contribution is 7.12. The van der Waals surface area contributed by atoms with Crippen LogP contribution in [-0.4, -0.2) is 33.9 Å². The van der Waals surface area contributed by atoms with Crippen molar-refractivity contribution in [3.8, 4) is 0 Å². The normalized spacial score (nSPS) is 16.9. The summed E-state index contributed by atoms with van der Waals surface area (Å²) in [6.07, 6.45) is 3.65. The van der Waals surface area contributed by atoms with E-state index >= 15 is 0 Å². The molecule has 1 atom stereocenters. The molecule has 1 saturated heterocycles. The summed E-state index contributed by atoms with van der Waals surface area (Å²) < 4.78 is 13.0. The maximum Gasteiger partial charge on any atom is 0.263 e. The smallest absolute Gasteiger partial charge is 0.263 e. The molecule has 0 spiro atoms. The van der Waals surface area contributed by atoms with Crippen molar-refractivity contribution in [1.29, 1.82) is 0 Å². The lowest BCUT2D eigenvalue weighted by Gasteiger charge is -2.32. The number of carbonyl (C=O) groups is 1. The van der Waals surface area contributed by atoms with Crippen LogP contribution in [0.25, 0.3) is 0 Å². The Morgan fingerprint density at radius 2 is 2.07 bits per heavy atom. The highest BCUT2D eigenvalue weighted by Gasteiger charge is 2.27. The number of aromatic nitrogens is 2. The van der Waals surface area contributed by atoms with Gasteiger partial charge in [0.05, 0.1) is 10.6 Å². The van der Waals surface area contributed by atoms with Gasteiger partial charge < -0.3 is 10.2 Å². The molecule has 1 amide bonds. The SMILES string of the molecule is O=C(c1cccs1)N1CCCC(c2ccnc(Nc3ccc(F)cc3)n2)C1. The van der Waals surface area contributed by atoms with Gasteiger partial charge in [-0.15, -0.1) is 11.3 Å². The molecule has 1 aliphatic rings. The molecule has 1 unspecified atom stereocenters. The molecule has 138 valence electrons. The Hall–Kier alpha value is -2.80. The number of likely N-dealkylation sites (tertiary alicyclic amines) is 1. The summed E-state index contributed by atoms with van der Waals surface area (Å²) in [4.78, 5) is 24.2. The Kier molecular flexibility index (Phi) is 5.11. The summed E-state index contributed by atoms with van der Waals surface area (Å²) in [5.74, 6) is 0.460. The van der Waals surface area contributed by atoms with Gasteiger partial charge in [0.25, 0.3) is 5.91 Å². The summed E-state index contributed by atoms with van der Waals surface area (Å²) in [6, 6.07) is 11.7. The first kappa shape index (κ1) is 17.6. The van der Waals surface area contributed by atoms with Crippen molar-refractivity contribution in [3.63, 3.8) is 0 Å². The number of thiophene rings is 1. The third kappa shape index (κ3) is 4.14. The Morgan fingerprint density at radius 3 is 2.85 bits per heavy atom. The highest BCUT2D eigenvalue weighted by Crippen LogP contribution is 2.28. The molecule has 1 fully saturated rings. The number of hydrogen-bond acceptors (Lipinski definition) is 5. The number of benzene rings is 1. The zero-order chi connectivity index (χ0) is 18.6. The van der Waals surface area contributed by atoms with E-state index < -0.39 is 0 Å². The Balaban J connectivity index is 1.47. The van der Waals surface area contributed by atoms with Crippen molar-refractivity contribution in [3.05, 3.63) is 70.4 Å². The number of amides is 1. The molecule has 2 aromatic heterocycles. The fraction of sp³-hybridized carbons (Fsp3) is 0.250. The average Bonchev–Trinajstić information content (AvgIpc) is 3.24. The zero-order valence-electron chi connectivity index (χ0n) is 14.6. The van der Waals surface area contributed by atoms with Crippen LogP contribution in [0.5, 0.6) is 0 Å². The van der Waals surface area contributed by atoms with Gasteiger partial charge in [0, 0.05) is 30.9 Å². The van der Waals surface area contributed by atoms with Gasteiger partial charge in [-0.2, -0.15) is 0 Å². The molecule has 1 aromatic carbocycles. The van der Waals surface area contributed by atoms with Crippen LogP contribution < -0.4 is 5.32 Å². The minimum Gasteiger partial charge on any atom is -0.337 e. The van der Waals surface area contributed by atoms with Crippen LogP contribution in [0.15, 0.2) is 54.0 Å². The van der Waals surface area contributed by atoms with E-state index in [0.29, 0.717) is 12.5 Å². The summed E-state index contributed by atoms with van der Waals surface area (Å²) >= 11 is 1.47. The van der Waals surface area contributed by atoms with Crippen molar-refractivity contribution in [1.82, 2.24) is 14.9 Å². The van der Waals surface area contributed by atoms with E-state index in [1.165, 1.54) is 23.5 Å². The predicted octanol–water partition coefficient (Wildman–Crippen LogP) is 4.44. The van der Waals surface area contributed by atoms with E-state index in [-0.39, 0.29) is 17.6 Å². The molecule has 0 saturated carbocycles. The van der Waals surface area contributed by atoms with E-state index in [1.807, 2.05) is 28.5 Å². The van der Waals surface area contributed by atoms with Crippen LogP contribution in [-0.2, 0) is 0 Å². The van der Waals surface area contributed by atoms with Crippen LogP contribution in [0, 0.1) is 5.82 Å². The first-order chi connectivity index (χ1) is 13.2. The lowest BCUT2D eigenvalue weighted by Crippen LogP contribution is -2.39. The number of carbonyl (C=O) groups excluding carboxylic acids is 1.